The van der Waals surface area contributed by atoms with Gasteiger partial charge in [0, 0.05) is 23.9 Å². The maximum atomic E-state index is 15.1. The average Bonchev–Trinajstić information content (AvgIpc) is 3.45. The Bertz CT molecular complexity index is 1860. The number of benzene rings is 3. The fourth-order valence-corrected chi connectivity index (χ4v) is 9.02. The molecule has 9 nitrogen and oxygen atoms in total. The summed E-state index contributed by atoms with van der Waals surface area (Å²) in [4.78, 5) is 71.2. The maximum absolute atomic E-state index is 15.1. The van der Waals surface area contributed by atoms with Crippen LogP contribution < -0.4 is 4.90 Å². The van der Waals surface area contributed by atoms with E-state index in [0.717, 1.165) is 5.57 Å². The van der Waals surface area contributed by atoms with Crippen molar-refractivity contribution in [2.45, 2.75) is 49.9 Å². The molecule has 1 saturated carbocycles. The van der Waals surface area contributed by atoms with Gasteiger partial charge < -0.3 is 10.2 Å². The predicted molar refractivity (Wildman–Crippen MR) is 177 cm³/mol. The van der Waals surface area contributed by atoms with E-state index >= 15 is 4.79 Å². The van der Waals surface area contributed by atoms with Crippen molar-refractivity contribution < 1.29 is 34.2 Å². The smallest absolute Gasteiger partial charge is 0.303 e. The van der Waals surface area contributed by atoms with Gasteiger partial charge in [0.15, 0.2) is 0 Å². The Morgan fingerprint density at radius 2 is 1.62 bits per heavy atom. The van der Waals surface area contributed by atoms with Crippen LogP contribution in [0.3, 0.4) is 0 Å². The molecule has 3 fully saturated rings. The number of carboxylic acid groups (broad SMARTS) is 1. The van der Waals surface area contributed by atoms with E-state index in [1.54, 1.807) is 42.5 Å². The molecule has 2 aliphatic carbocycles. The van der Waals surface area contributed by atoms with Crippen molar-refractivity contribution in [2.75, 3.05) is 11.4 Å². The van der Waals surface area contributed by atoms with Gasteiger partial charge in [0.2, 0.25) is 23.6 Å². The molecule has 2 aliphatic heterocycles. The Balaban J connectivity index is 1.35. The van der Waals surface area contributed by atoms with Gasteiger partial charge in [-0.1, -0.05) is 78.2 Å². The number of carbonyl (C=O) groups excluding carboxylic acids is 4. The SMILES string of the molecule is O=C(O)CCCCCN1C(=O)C2CC=C3C(CC4C(=O)N(c5cccc(Cl)c5)C(=O)C4(c4ccccc4)C3c3cccc(O)c3)C2C1=O. The Hall–Kier alpha value is -4.76. The zero-order chi connectivity index (χ0) is 33.7. The quantitative estimate of drug-likeness (QED) is 0.166. The van der Waals surface area contributed by atoms with Crippen molar-refractivity contribution in [2.24, 2.45) is 23.7 Å². The molecule has 0 aromatic heterocycles. The highest BCUT2D eigenvalue weighted by Gasteiger charge is 2.70. The summed E-state index contributed by atoms with van der Waals surface area (Å²) in [5.74, 6) is -5.60. The van der Waals surface area contributed by atoms with Gasteiger partial charge in [0.05, 0.1) is 28.9 Å². The minimum absolute atomic E-state index is 0.00772. The largest absolute Gasteiger partial charge is 0.508 e. The Morgan fingerprint density at radius 1 is 0.854 bits per heavy atom. The van der Waals surface area contributed by atoms with Crippen LogP contribution in [0.4, 0.5) is 5.69 Å². The summed E-state index contributed by atoms with van der Waals surface area (Å²) >= 11 is 6.35. The van der Waals surface area contributed by atoms with E-state index in [1.165, 1.54) is 9.80 Å². The number of nitrogens with zero attached hydrogens (tertiary/aromatic N) is 2. The number of fused-ring (bicyclic) bond motifs is 4. The highest BCUT2D eigenvalue weighted by atomic mass is 35.5. The lowest BCUT2D eigenvalue weighted by Crippen LogP contribution is -2.53. The highest BCUT2D eigenvalue weighted by Crippen LogP contribution is 2.64. The van der Waals surface area contributed by atoms with Gasteiger partial charge >= 0.3 is 5.97 Å². The number of likely N-dealkylation sites (tertiary alicyclic amines) is 1. The van der Waals surface area contributed by atoms with Crippen LogP contribution in [0.1, 0.15) is 55.6 Å². The molecule has 10 heteroatoms. The molecule has 2 heterocycles. The zero-order valence-electron chi connectivity index (χ0n) is 26.1. The molecular weight excluding hydrogens is 632 g/mol. The summed E-state index contributed by atoms with van der Waals surface area (Å²) in [6, 6.07) is 22.6. The lowest BCUT2D eigenvalue weighted by molar-refractivity contribution is -0.141. The molecule has 4 aliphatic rings. The van der Waals surface area contributed by atoms with Crippen LogP contribution in [0.5, 0.6) is 5.75 Å². The normalized spacial score (nSPS) is 27.9. The molecule has 0 bridgehead atoms. The molecule has 7 rings (SSSR count). The van der Waals surface area contributed by atoms with E-state index in [0.29, 0.717) is 47.5 Å². The molecular formula is C38H35ClN2O7. The van der Waals surface area contributed by atoms with Gasteiger partial charge in [-0.05, 0) is 73.1 Å². The van der Waals surface area contributed by atoms with Gasteiger partial charge in [0.1, 0.15) is 5.75 Å². The van der Waals surface area contributed by atoms with Crippen molar-refractivity contribution in [3.63, 3.8) is 0 Å². The van der Waals surface area contributed by atoms with Crippen LogP contribution in [-0.2, 0) is 29.4 Å². The summed E-state index contributed by atoms with van der Waals surface area (Å²) in [7, 11) is 0. The number of imide groups is 2. The number of phenolic OH excluding ortho intramolecular Hbond substituents is 1. The van der Waals surface area contributed by atoms with E-state index in [2.05, 4.69) is 0 Å². The maximum Gasteiger partial charge on any atom is 0.303 e. The third-order valence-corrected chi connectivity index (χ3v) is 11.0. The number of amides is 4. The molecule has 48 heavy (non-hydrogen) atoms. The van der Waals surface area contributed by atoms with Gasteiger partial charge in [-0.25, -0.2) is 4.90 Å². The topological polar surface area (TPSA) is 132 Å². The first-order chi connectivity index (χ1) is 23.1. The number of halogens is 1. The molecule has 3 aromatic rings. The standard InChI is InChI=1S/C38H35ClN2O7/c39-24-12-8-13-25(20-24)41-35(46)30-21-29-27(16-17-28-32(29)36(47)40(34(28)45)18-6-2-5-15-31(43)44)33(22-9-7-14-26(42)19-22)38(30,37(41)48)23-10-3-1-4-11-23/h1,3-4,7-14,16,19-20,28-30,32-33,42H,2,5-6,15,17-18,21H2,(H,43,44). The number of anilines is 1. The number of carbonyl (C=O) groups is 5. The number of hydrogen-bond acceptors (Lipinski definition) is 6. The number of aliphatic carboxylic acids is 1. The number of aromatic hydroxyl groups is 1. The molecule has 0 spiro atoms. The first kappa shape index (κ1) is 31.8. The van der Waals surface area contributed by atoms with Crippen LogP contribution >= 0.6 is 11.6 Å². The minimum atomic E-state index is -1.40. The first-order valence-corrected chi connectivity index (χ1v) is 16.8. The monoisotopic (exact) mass is 666 g/mol. The van der Waals surface area contributed by atoms with Crippen molar-refractivity contribution in [3.8, 4) is 5.75 Å². The third kappa shape index (κ3) is 4.94. The lowest BCUT2D eigenvalue weighted by Gasteiger charge is -2.50. The highest BCUT2D eigenvalue weighted by molar-refractivity contribution is 6.32. The number of carboxylic acids is 1. The van der Waals surface area contributed by atoms with Gasteiger partial charge in [-0.3, -0.25) is 28.9 Å². The van der Waals surface area contributed by atoms with E-state index < -0.39 is 52.8 Å². The molecule has 246 valence electrons. The molecule has 6 unspecified atom stereocenters. The van der Waals surface area contributed by atoms with E-state index in [-0.39, 0.29) is 37.0 Å². The third-order valence-electron chi connectivity index (χ3n) is 10.7. The fraction of sp³-hybridized carbons (Fsp3) is 0.342. The molecule has 0 radical (unpaired) electrons. The summed E-state index contributed by atoms with van der Waals surface area (Å²) in [6.07, 6.45) is 4.04. The average molecular weight is 667 g/mol. The van der Waals surface area contributed by atoms with Crippen molar-refractivity contribution >= 4 is 46.9 Å². The number of phenols is 1. The fourth-order valence-electron chi connectivity index (χ4n) is 8.83. The second kappa shape index (κ2) is 12.4. The summed E-state index contributed by atoms with van der Waals surface area (Å²) in [6.45, 7) is 0.208. The number of allylic oxidation sites excluding steroid dienone is 2. The number of hydrogen-bond donors (Lipinski definition) is 2. The van der Waals surface area contributed by atoms with Crippen molar-refractivity contribution in [1.29, 1.82) is 0 Å². The van der Waals surface area contributed by atoms with E-state index in [9.17, 15) is 24.3 Å². The number of unbranched alkanes of at least 4 members (excludes halogenated alkanes) is 2. The van der Waals surface area contributed by atoms with Crippen LogP contribution in [0.2, 0.25) is 5.02 Å². The van der Waals surface area contributed by atoms with E-state index in [1.807, 2.05) is 42.5 Å². The van der Waals surface area contributed by atoms with Gasteiger partial charge in [0.25, 0.3) is 0 Å². The second-order valence-electron chi connectivity index (χ2n) is 13.2. The van der Waals surface area contributed by atoms with Crippen LogP contribution in [0, 0.1) is 23.7 Å². The summed E-state index contributed by atoms with van der Waals surface area (Å²) in [5.41, 5.74) is 1.07. The molecule has 2 saturated heterocycles. The molecule has 2 N–H and O–H groups in total. The predicted octanol–water partition coefficient (Wildman–Crippen LogP) is 5.85. The summed E-state index contributed by atoms with van der Waals surface area (Å²) < 4.78 is 0. The van der Waals surface area contributed by atoms with E-state index in [4.69, 9.17) is 16.7 Å². The van der Waals surface area contributed by atoms with Crippen LogP contribution in [-0.4, -0.2) is 51.3 Å². The lowest BCUT2D eigenvalue weighted by atomic mass is 9.49. The van der Waals surface area contributed by atoms with Crippen LogP contribution in [0.25, 0.3) is 0 Å². The molecule has 3 aromatic carbocycles. The second-order valence-corrected chi connectivity index (χ2v) is 13.7. The van der Waals surface area contributed by atoms with Gasteiger partial charge in [-0.15, -0.1) is 0 Å². The minimum Gasteiger partial charge on any atom is -0.508 e. The molecule has 4 amide bonds. The van der Waals surface area contributed by atoms with Gasteiger partial charge in [-0.2, -0.15) is 0 Å². The van der Waals surface area contributed by atoms with Crippen molar-refractivity contribution in [3.05, 3.63) is 107 Å². The first-order valence-electron chi connectivity index (χ1n) is 16.4. The van der Waals surface area contributed by atoms with Crippen molar-refractivity contribution in [1.82, 2.24) is 4.90 Å². The number of rotatable bonds is 9. The zero-order valence-corrected chi connectivity index (χ0v) is 26.9. The Morgan fingerprint density at radius 3 is 2.35 bits per heavy atom. The van der Waals surface area contributed by atoms with Crippen LogP contribution in [0.15, 0.2) is 90.5 Å². The Kier molecular flexibility index (Phi) is 8.19. The molecule has 6 atom stereocenters. The summed E-state index contributed by atoms with van der Waals surface area (Å²) in [5, 5.41) is 20.0. The Labute approximate surface area is 282 Å².